The zero-order valence-corrected chi connectivity index (χ0v) is 15.0. The fraction of sp³-hybridized carbons (Fsp3) is 0.700. The minimum atomic E-state index is 0.259. The largest absolute Gasteiger partial charge is 0.381 e. The number of carbonyl (C=O) groups is 1. The van der Waals surface area contributed by atoms with Crippen LogP contribution in [0.1, 0.15) is 31.2 Å². The lowest BCUT2D eigenvalue weighted by molar-refractivity contribution is -0.133. The van der Waals surface area contributed by atoms with Crippen LogP contribution >= 0.6 is 0 Å². The van der Waals surface area contributed by atoms with E-state index in [1.165, 1.54) is 32.4 Å². The smallest absolute Gasteiger partial charge is 0.227 e. The monoisotopic (exact) mass is 343 g/mol. The standard InChI is InChI=1S/C20H29N3O2/c24-19(11-17-3-1-7-21-12-17)23-8-2-5-20(16-23)6-9-22(15-20)13-18-4-10-25-14-18/h1,3,7,12,18H,2,4-6,8-11,13-16H2. The second-order valence-electron chi connectivity index (χ2n) is 8.17. The maximum atomic E-state index is 12.7. The summed E-state index contributed by atoms with van der Waals surface area (Å²) < 4.78 is 5.52. The van der Waals surface area contributed by atoms with Crippen LogP contribution in [0.5, 0.6) is 0 Å². The number of aromatic nitrogens is 1. The third-order valence-electron chi connectivity index (χ3n) is 6.15. The molecule has 0 saturated carbocycles. The summed E-state index contributed by atoms with van der Waals surface area (Å²) in [6.45, 7) is 7.22. The molecule has 0 bridgehead atoms. The lowest BCUT2D eigenvalue weighted by Crippen LogP contribution is -2.48. The zero-order valence-electron chi connectivity index (χ0n) is 15.0. The first-order chi connectivity index (χ1) is 12.2. The number of rotatable bonds is 4. The quantitative estimate of drug-likeness (QED) is 0.839. The van der Waals surface area contributed by atoms with Crippen LogP contribution in [0.15, 0.2) is 24.5 Å². The normalized spacial score (nSPS) is 30.2. The molecule has 4 rings (SSSR count). The van der Waals surface area contributed by atoms with Crippen LogP contribution < -0.4 is 0 Å². The number of hydrogen-bond acceptors (Lipinski definition) is 4. The van der Waals surface area contributed by atoms with Gasteiger partial charge in [0.25, 0.3) is 0 Å². The first-order valence-corrected chi connectivity index (χ1v) is 9.69. The van der Waals surface area contributed by atoms with Crippen molar-refractivity contribution < 1.29 is 9.53 Å². The summed E-state index contributed by atoms with van der Waals surface area (Å²) in [7, 11) is 0. The maximum absolute atomic E-state index is 12.7. The maximum Gasteiger partial charge on any atom is 0.227 e. The Labute approximate surface area is 150 Å². The molecule has 1 amide bonds. The summed E-state index contributed by atoms with van der Waals surface area (Å²) in [4.78, 5) is 21.6. The van der Waals surface area contributed by atoms with E-state index < -0.39 is 0 Å². The fourth-order valence-electron chi connectivity index (χ4n) is 4.82. The van der Waals surface area contributed by atoms with Crippen molar-refractivity contribution in [3.63, 3.8) is 0 Å². The van der Waals surface area contributed by atoms with Crippen molar-refractivity contribution in [2.45, 2.75) is 32.1 Å². The van der Waals surface area contributed by atoms with Crippen molar-refractivity contribution in [3.8, 4) is 0 Å². The van der Waals surface area contributed by atoms with Gasteiger partial charge < -0.3 is 14.5 Å². The second-order valence-corrected chi connectivity index (χ2v) is 8.17. The van der Waals surface area contributed by atoms with E-state index in [0.29, 0.717) is 17.8 Å². The van der Waals surface area contributed by atoms with Gasteiger partial charge in [-0.2, -0.15) is 0 Å². The molecule has 0 N–H and O–H groups in total. The van der Waals surface area contributed by atoms with Crippen molar-refractivity contribution in [1.29, 1.82) is 0 Å². The molecular weight excluding hydrogens is 314 g/mol. The number of likely N-dealkylation sites (tertiary alicyclic amines) is 2. The number of pyridine rings is 1. The van der Waals surface area contributed by atoms with Gasteiger partial charge in [0.15, 0.2) is 0 Å². The Kier molecular flexibility index (Phi) is 5.04. The molecule has 1 spiro atoms. The van der Waals surface area contributed by atoms with E-state index in [1.54, 1.807) is 12.4 Å². The van der Waals surface area contributed by atoms with Gasteiger partial charge in [0.1, 0.15) is 0 Å². The Balaban J connectivity index is 1.33. The molecule has 5 nitrogen and oxygen atoms in total. The van der Waals surface area contributed by atoms with Crippen molar-refractivity contribution in [2.75, 3.05) is 45.9 Å². The molecule has 1 aromatic rings. The fourth-order valence-corrected chi connectivity index (χ4v) is 4.82. The van der Waals surface area contributed by atoms with Crippen molar-refractivity contribution in [2.24, 2.45) is 11.3 Å². The predicted octanol–water partition coefficient (Wildman–Crippen LogP) is 1.98. The van der Waals surface area contributed by atoms with E-state index in [-0.39, 0.29) is 5.91 Å². The first-order valence-electron chi connectivity index (χ1n) is 9.69. The Morgan fingerprint density at radius 1 is 1.32 bits per heavy atom. The summed E-state index contributed by atoms with van der Waals surface area (Å²) >= 11 is 0. The number of amides is 1. The molecule has 3 aliphatic rings. The molecule has 2 unspecified atom stereocenters. The molecule has 4 heterocycles. The Morgan fingerprint density at radius 3 is 3.08 bits per heavy atom. The van der Waals surface area contributed by atoms with Crippen LogP contribution in [0.4, 0.5) is 0 Å². The van der Waals surface area contributed by atoms with E-state index in [4.69, 9.17) is 4.74 Å². The summed E-state index contributed by atoms with van der Waals surface area (Å²) in [5.41, 5.74) is 1.34. The number of nitrogens with zero attached hydrogens (tertiary/aromatic N) is 3. The van der Waals surface area contributed by atoms with Crippen LogP contribution in [0, 0.1) is 11.3 Å². The number of carbonyl (C=O) groups excluding carboxylic acids is 1. The molecule has 0 aliphatic carbocycles. The van der Waals surface area contributed by atoms with Gasteiger partial charge >= 0.3 is 0 Å². The summed E-state index contributed by atoms with van der Waals surface area (Å²) in [5, 5.41) is 0. The summed E-state index contributed by atoms with van der Waals surface area (Å²) in [6, 6.07) is 3.90. The van der Waals surface area contributed by atoms with Crippen molar-refractivity contribution in [1.82, 2.24) is 14.8 Å². The molecule has 2 atom stereocenters. The van der Waals surface area contributed by atoms with Crippen molar-refractivity contribution in [3.05, 3.63) is 30.1 Å². The van der Waals surface area contributed by atoms with E-state index in [9.17, 15) is 4.79 Å². The molecule has 0 aromatic carbocycles. The van der Waals surface area contributed by atoms with Crippen LogP contribution in [-0.2, 0) is 16.0 Å². The SMILES string of the molecule is O=C(Cc1cccnc1)N1CCCC2(CCN(CC3CCOC3)C2)C1. The molecule has 3 fully saturated rings. The van der Waals surface area contributed by atoms with Gasteiger partial charge in [-0.1, -0.05) is 6.07 Å². The molecule has 3 aliphatic heterocycles. The molecule has 136 valence electrons. The van der Waals surface area contributed by atoms with Gasteiger partial charge in [-0.05, 0) is 49.8 Å². The highest BCUT2D eigenvalue weighted by Crippen LogP contribution is 2.39. The second kappa shape index (κ2) is 7.42. The Morgan fingerprint density at radius 2 is 2.28 bits per heavy atom. The highest BCUT2D eigenvalue weighted by molar-refractivity contribution is 5.78. The van der Waals surface area contributed by atoms with Gasteiger partial charge in [-0.15, -0.1) is 0 Å². The lowest BCUT2D eigenvalue weighted by atomic mass is 9.79. The molecule has 25 heavy (non-hydrogen) atoms. The Bertz CT molecular complexity index is 588. The third kappa shape index (κ3) is 4.04. The molecule has 3 saturated heterocycles. The minimum absolute atomic E-state index is 0.259. The molecular formula is C20H29N3O2. The van der Waals surface area contributed by atoms with E-state index in [1.807, 2.05) is 12.1 Å². The van der Waals surface area contributed by atoms with Gasteiger partial charge in [0, 0.05) is 50.6 Å². The molecule has 5 heteroatoms. The number of piperidine rings is 1. The number of hydrogen-bond donors (Lipinski definition) is 0. The highest BCUT2D eigenvalue weighted by atomic mass is 16.5. The first kappa shape index (κ1) is 17.0. The summed E-state index contributed by atoms with van der Waals surface area (Å²) in [6.07, 6.45) is 8.88. The lowest BCUT2D eigenvalue weighted by Gasteiger charge is -2.40. The Hall–Kier alpha value is -1.46. The van der Waals surface area contributed by atoms with E-state index in [0.717, 1.165) is 44.8 Å². The van der Waals surface area contributed by atoms with E-state index in [2.05, 4.69) is 14.8 Å². The average Bonchev–Trinajstić information content (AvgIpc) is 3.27. The summed E-state index contributed by atoms with van der Waals surface area (Å²) in [5.74, 6) is 0.969. The van der Waals surface area contributed by atoms with E-state index >= 15 is 0 Å². The van der Waals surface area contributed by atoms with Gasteiger partial charge in [0.2, 0.25) is 5.91 Å². The highest BCUT2D eigenvalue weighted by Gasteiger charge is 2.42. The van der Waals surface area contributed by atoms with Crippen LogP contribution in [-0.4, -0.2) is 66.6 Å². The van der Waals surface area contributed by atoms with Crippen molar-refractivity contribution >= 4 is 5.91 Å². The predicted molar refractivity (Wildman–Crippen MR) is 96.2 cm³/mol. The van der Waals surface area contributed by atoms with Crippen LogP contribution in [0.2, 0.25) is 0 Å². The molecule has 1 aromatic heterocycles. The number of ether oxygens (including phenoxy) is 1. The van der Waals surface area contributed by atoms with Gasteiger partial charge in [0.05, 0.1) is 13.0 Å². The zero-order chi connectivity index (χ0) is 17.1. The average molecular weight is 343 g/mol. The van der Waals surface area contributed by atoms with Gasteiger partial charge in [-0.3, -0.25) is 9.78 Å². The molecule has 0 radical (unpaired) electrons. The third-order valence-corrected chi connectivity index (χ3v) is 6.15. The minimum Gasteiger partial charge on any atom is -0.381 e. The van der Waals surface area contributed by atoms with Crippen LogP contribution in [0.3, 0.4) is 0 Å². The van der Waals surface area contributed by atoms with Crippen LogP contribution in [0.25, 0.3) is 0 Å². The topological polar surface area (TPSA) is 45.7 Å². The van der Waals surface area contributed by atoms with Gasteiger partial charge in [-0.25, -0.2) is 0 Å².